The van der Waals surface area contributed by atoms with Crippen molar-refractivity contribution in [2.75, 3.05) is 18.0 Å². The van der Waals surface area contributed by atoms with Gasteiger partial charge in [-0.1, -0.05) is 24.3 Å². The molecule has 1 aromatic carbocycles. The van der Waals surface area contributed by atoms with Crippen molar-refractivity contribution in [1.29, 1.82) is 0 Å². The molecule has 4 nitrogen and oxygen atoms in total. The molecule has 1 fully saturated rings. The first kappa shape index (κ1) is 13.1. The molecule has 104 valence electrons. The molecular weight excluding hydrogens is 248 g/mol. The largest absolute Gasteiger partial charge is 0.369 e. The highest BCUT2D eigenvalue weighted by Crippen LogP contribution is 2.22. The van der Waals surface area contributed by atoms with Crippen molar-refractivity contribution in [3.63, 3.8) is 0 Å². The molecule has 2 aromatic rings. The molecule has 1 aliphatic rings. The van der Waals surface area contributed by atoms with Gasteiger partial charge < -0.3 is 10.6 Å². The molecule has 0 amide bonds. The summed E-state index contributed by atoms with van der Waals surface area (Å²) in [5, 5.41) is 0. The van der Waals surface area contributed by atoms with Crippen LogP contribution in [0.3, 0.4) is 0 Å². The first-order chi connectivity index (χ1) is 9.74. The highest BCUT2D eigenvalue weighted by molar-refractivity contribution is 5.60. The summed E-state index contributed by atoms with van der Waals surface area (Å²) in [5.41, 5.74) is 9.32. The van der Waals surface area contributed by atoms with Crippen LogP contribution in [0.15, 0.2) is 36.7 Å². The van der Waals surface area contributed by atoms with Crippen molar-refractivity contribution in [2.24, 2.45) is 5.73 Å². The monoisotopic (exact) mass is 268 g/mol. The van der Waals surface area contributed by atoms with E-state index in [1.54, 1.807) is 0 Å². The molecule has 1 saturated heterocycles. The zero-order chi connectivity index (χ0) is 13.9. The Morgan fingerprint density at radius 3 is 2.40 bits per heavy atom. The van der Waals surface area contributed by atoms with Crippen LogP contribution in [0.5, 0.6) is 0 Å². The predicted octanol–water partition coefficient (Wildman–Crippen LogP) is 2.38. The van der Waals surface area contributed by atoms with Crippen LogP contribution >= 0.6 is 0 Å². The van der Waals surface area contributed by atoms with Gasteiger partial charge in [0.1, 0.15) is 0 Å². The zero-order valence-electron chi connectivity index (χ0n) is 11.8. The Kier molecular flexibility index (Phi) is 3.65. The smallest absolute Gasteiger partial charge is 0.159 e. The Morgan fingerprint density at radius 2 is 1.75 bits per heavy atom. The van der Waals surface area contributed by atoms with E-state index in [1.165, 1.54) is 5.56 Å². The van der Waals surface area contributed by atoms with E-state index in [-0.39, 0.29) is 0 Å². The Balaban J connectivity index is 1.80. The molecule has 0 radical (unpaired) electrons. The minimum atomic E-state index is 0.346. The average Bonchev–Trinajstić information content (AvgIpc) is 2.49. The molecule has 2 N–H and O–H groups in total. The standard InChI is InChI=1S/C16H20N4/c1-12-4-2-3-5-15(12)16-18-10-14(11-19-16)20-8-6-13(17)7-9-20/h2-5,10-11,13H,6-9,17H2,1H3. The van der Waals surface area contributed by atoms with Crippen LogP contribution in [0.4, 0.5) is 5.69 Å². The number of benzene rings is 1. The molecule has 0 saturated carbocycles. The van der Waals surface area contributed by atoms with Crippen LogP contribution in [0.2, 0.25) is 0 Å². The molecule has 4 heteroatoms. The number of hydrogen-bond donors (Lipinski definition) is 1. The zero-order valence-corrected chi connectivity index (χ0v) is 11.8. The third kappa shape index (κ3) is 2.65. The van der Waals surface area contributed by atoms with Gasteiger partial charge in [0.15, 0.2) is 5.82 Å². The Morgan fingerprint density at radius 1 is 1.10 bits per heavy atom. The van der Waals surface area contributed by atoms with Crippen LogP contribution in [0.1, 0.15) is 18.4 Å². The van der Waals surface area contributed by atoms with Crippen molar-refractivity contribution in [3.05, 3.63) is 42.2 Å². The van der Waals surface area contributed by atoms with Gasteiger partial charge in [-0.15, -0.1) is 0 Å². The highest BCUT2D eigenvalue weighted by Gasteiger charge is 2.17. The second kappa shape index (κ2) is 5.59. The summed E-state index contributed by atoms with van der Waals surface area (Å²) >= 11 is 0. The number of nitrogens with two attached hydrogens (primary N) is 1. The molecule has 0 spiro atoms. The minimum absolute atomic E-state index is 0.346. The molecule has 0 unspecified atom stereocenters. The normalized spacial score (nSPS) is 16.4. The summed E-state index contributed by atoms with van der Waals surface area (Å²) in [6.45, 7) is 4.07. The number of rotatable bonds is 2. The van der Waals surface area contributed by atoms with Crippen molar-refractivity contribution < 1.29 is 0 Å². The molecule has 20 heavy (non-hydrogen) atoms. The van der Waals surface area contributed by atoms with Crippen LogP contribution in [0.25, 0.3) is 11.4 Å². The van der Waals surface area contributed by atoms with E-state index >= 15 is 0 Å². The van der Waals surface area contributed by atoms with Crippen molar-refractivity contribution in [1.82, 2.24) is 9.97 Å². The lowest BCUT2D eigenvalue weighted by Gasteiger charge is -2.31. The molecule has 2 heterocycles. The first-order valence-electron chi connectivity index (χ1n) is 7.12. The molecule has 3 rings (SSSR count). The van der Waals surface area contributed by atoms with Gasteiger partial charge >= 0.3 is 0 Å². The Labute approximate surface area is 119 Å². The van der Waals surface area contributed by atoms with E-state index in [4.69, 9.17) is 5.73 Å². The second-order valence-corrected chi connectivity index (χ2v) is 5.40. The first-order valence-corrected chi connectivity index (χ1v) is 7.12. The Bertz CT molecular complexity index is 571. The number of hydrogen-bond acceptors (Lipinski definition) is 4. The lowest BCUT2D eigenvalue weighted by molar-refractivity contribution is 0.500. The maximum Gasteiger partial charge on any atom is 0.159 e. The molecular formula is C16H20N4. The maximum absolute atomic E-state index is 5.93. The summed E-state index contributed by atoms with van der Waals surface area (Å²) in [6.07, 6.45) is 5.93. The number of piperidine rings is 1. The van der Waals surface area contributed by atoms with E-state index in [9.17, 15) is 0 Å². The van der Waals surface area contributed by atoms with Crippen molar-refractivity contribution >= 4 is 5.69 Å². The lowest BCUT2D eigenvalue weighted by Crippen LogP contribution is -2.39. The quantitative estimate of drug-likeness (QED) is 0.908. The highest BCUT2D eigenvalue weighted by atomic mass is 15.2. The van der Waals surface area contributed by atoms with Gasteiger partial charge in [-0.05, 0) is 25.3 Å². The molecule has 1 aliphatic heterocycles. The fraction of sp³-hybridized carbons (Fsp3) is 0.375. The summed E-state index contributed by atoms with van der Waals surface area (Å²) < 4.78 is 0. The Hall–Kier alpha value is -1.94. The average molecular weight is 268 g/mol. The van der Waals surface area contributed by atoms with Crippen molar-refractivity contribution in [2.45, 2.75) is 25.8 Å². The molecule has 0 aliphatic carbocycles. The van der Waals surface area contributed by atoms with Crippen LogP contribution in [-0.4, -0.2) is 29.1 Å². The number of nitrogens with zero attached hydrogens (tertiary/aromatic N) is 3. The molecule has 1 aromatic heterocycles. The van der Waals surface area contributed by atoms with E-state index in [0.717, 1.165) is 43.0 Å². The van der Waals surface area contributed by atoms with Gasteiger partial charge in [0, 0.05) is 24.7 Å². The fourth-order valence-corrected chi connectivity index (χ4v) is 2.61. The topological polar surface area (TPSA) is 55.0 Å². The van der Waals surface area contributed by atoms with Gasteiger partial charge in [-0.25, -0.2) is 9.97 Å². The van der Waals surface area contributed by atoms with Gasteiger partial charge in [-0.3, -0.25) is 0 Å². The van der Waals surface area contributed by atoms with Gasteiger partial charge in [-0.2, -0.15) is 0 Å². The molecule has 0 atom stereocenters. The molecule has 0 bridgehead atoms. The van der Waals surface area contributed by atoms with E-state index in [2.05, 4.69) is 33.9 Å². The summed E-state index contributed by atoms with van der Waals surface area (Å²) in [7, 11) is 0. The van der Waals surface area contributed by atoms with E-state index in [0.29, 0.717) is 6.04 Å². The lowest BCUT2D eigenvalue weighted by atomic mass is 10.1. The summed E-state index contributed by atoms with van der Waals surface area (Å²) in [6, 6.07) is 8.54. The summed E-state index contributed by atoms with van der Waals surface area (Å²) in [5.74, 6) is 0.792. The maximum atomic E-state index is 5.93. The number of aryl methyl sites for hydroxylation is 1. The second-order valence-electron chi connectivity index (χ2n) is 5.40. The third-order valence-electron chi connectivity index (χ3n) is 3.93. The third-order valence-corrected chi connectivity index (χ3v) is 3.93. The fourth-order valence-electron chi connectivity index (χ4n) is 2.61. The van der Waals surface area contributed by atoms with E-state index in [1.807, 2.05) is 24.5 Å². The van der Waals surface area contributed by atoms with Gasteiger partial charge in [0.2, 0.25) is 0 Å². The van der Waals surface area contributed by atoms with Crippen LogP contribution in [0, 0.1) is 6.92 Å². The van der Waals surface area contributed by atoms with Gasteiger partial charge in [0.05, 0.1) is 18.1 Å². The number of aromatic nitrogens is 2. The predicted molar refractivity (Wildman–Crippen MR) is 81.6 cm³/mol. The van der Waals surface area contributed by atoms with Crippen molar-refractivity contribution in [3.8, 4) is 11.4 Å². The van der Waals surface area contributed by atoms with Gasteiger partial charge in [0.25, 0.3) is 0 Å². The SMILES string of the molecule is Cc1ccccc1-c1ncc(N2CCC(N)CC2)cn1. The van der Waals surface area contributed by atoms with Crippen LogP contribution < -0.4 is 10.6 Å². The minimum Gasteiger partial charge on any atom is -0.369 e. The summed E-state index contributed by atoms with van der Waals surface area (Å²) in [4.78, 5) is 11.4. The number of anilines is 1. The van der Waals surface area contributed by atoms with E-state index < -0.39 is 0 Å². The van der Waals surface area contributed by atoms with Crippen LogP contribution in [-0.2, 0) is 0 Å².